The molecule has 2 atom stereocenters. The standard InChI is InChI=1S/C12H23N5O/c1-4-12(2,17-5-7-18-8-6-17)11(13)10-9-14-15-16(10)3/h9,11H,4-8,13H2,1-3H3. The first kappa shape index (κ1) is 13.5. The highest BCUT2D eigenvalue weighted by molar-refractivity contribution is 5.10. The van der Waals surface area contributed by atoms with Gasteiger partial charge in [0, 0.05) is 25.7 Å². The number of rotatable bonds is 4. The van der Waals surface area contributed by atoms with E-state index in [1.807, 2.05) is 7.05 Å². The van der Waals surface area contributed by atoms with Crippen molar-refractivity contribution in [2.24, 2.45) is 12.8 Å². The lowest BCUT2D eigenvalue weighted by Crippen LogP contribution is -2.57. The van der Waals surface area contributed by atoms with Gasteiger partial charge in [0.1, 0.15) is 0 Å². The minimum atomic E-state index is -0.0967. The first-order valence-corrected chi connectivity index (χ1v) is 6.52. The summed E-state index contributed by atoms with van der Waals surface area (Å²) >= 11 is 0. The van der Waals surface area contributed by atoms with E-state index in [0.717, 1.165) is 38.4 Å². The van der Waals surface area contributed by atoms with E-state index in [4.69, 9.17) is 10.5 Å². The van der Waals surface area contributed by atoms with Crippen LogP contribution in [-0.2, 0) is 11.8 Å². The molecule has 6 heteroatoms. The Morgan fingerprint density at radius 2 is 2.17 bits per heavy atom. The second-order valence-electron chi connectivity index (χ2n) is 5.07. The molecule has 0 amide bonds. The maximum atomic E-state index is 6.48. The summed E-state index contributed by atoms with van der Waals surface area (Å²) in [6.07, 6.45) is 2.75. The van der Waals surface area contributed by atoms with Crippen LogP contribution in [0.3, 0.4) is 0 Å². The molecule has 1 aromatic heterocycles. The van der Waals surface area contributed by atoms with Gasteiger partial charge in [-0.05, 0) is 13.3 Å². The molecule has 2 heterocycles. The molecule has 6 nitrogen and oxygen atoms in total. The predicted octanol–water partition coefficient (Wildman–Crippen LogP) is 0.316. The number of hydrogen-bond acceptors (Lipinski definition) is 5. The number of morpholine rings is 1. The number of ether oxygens (including phenoxy) is 1. The maximum Gasteiger partial charge on any atom is 0.0769 e. The Hall–Kier alpha value is -0.980. The molecule has 0 saturated carbocycles. The van der Waals surface area contributed by atoms with E-state index in [9.17, 15) is 0 Å². The van der Waals surface area contributed by atoms with Crippen molar-refractivity contribution in [1.29, 1.82) is 0 Å². The summed E-state index contributed by atoms with van der Waals surface area (Å²) in [6, 6.07) is -0.0967. The lowest BCUT2D eigenvalue weighted by atomic mass is 9.85. The zero-order chi connectivity index (χ0) is 13.2. The van der Waals surface area contributed by atoms with Crippen molar-refractivity contribution in [3.63, 3.8) is 0 Å². The van der Waals surface area contributed by atoms with Crippen molar-refractivity contribution in [3.05, 3.63) is 11.9 Å². The first-order chi connectivity index (χ1) is 8.59. The summed E-state index contributed by atoms with van der Waals surface area (Å²) in [5.41, 5.74) is 7.37. The number of hydrogen-bond donors (Lipinski definition) is 1. The van der Waals surface area contributed by atoms with Crippen LogP contribution in [0.15, 0.2) is 6.20 Å². The molecule has 2 unspecified atom stereocenters. The van der Waals surface area contributed by atoms with E-state index in [0.29, 0.717) is 0 Å². The van der Waals surface area contributed by atoms with E-state index in [1.165, 1.54) is 0 Å². The maximum absolute atomic E-state index is 6.48. The quantitative estimate of drug-likeness (QED) is 0.836. The van der Waals surface area contributed by atoms with Gasteiger partial charge in [-0.2, -0.15) is 0 Å². The van der Waals surface area contributed by atoms with E-state index in [2.05, 4.69) is 29.1 Å². The van der Waals surface area contributed by atoms with Crippen LogP contribution < -0.4 is 5.73 Å². The van der Waals surface area contributed by atoms with Crippen LogP contribution in [-0.4, -0.2) is 51.7 Å². The molecule has 102 valence electrons. The Morgan fingerprint density at radius 3 is 2.67 bits per heavy atom. The van der Waals surface area contributed by atoms with Crippen LogP contribution in [0.25, 0.3) is 0 Å². The van der Waals surface area contributed by atoms with Crippen LogP contribution in [0.5, 0.6) is 0 Å². The summed E-state index contributed by atoms with van der Waals surface area (Å²) in [4.78, 5) is 2.42. The van der Waals surface area contributed by atoms with Crippen LogP contribution in [0.2, 0.25) is 0 Å². The molecule has 0 aromatic carbocycles. The van der Waals surface area contributed by atoms with Crippen molar-refractivity contribution in [1.82, 2.24) is 19.9 Å². The zero-order valence-corrected chi connectivity index (χ0v) is 11.5. The fourth-order valence-electron chi connectivity index (χ4n) is 2.61. The predicted molar refractivity (Wildman–Crippen MR) is 69.0 cm³/mol. The summed E-state index contributed by atoms with van der Waals surface area (Å²) < 4.78 is 7.18. The van der Waals surface area contributed by atoms with E-state index in [1.54, 1.807) is 10.9 Å². The van der Waals surface area contributed by atoms with Crippen LogP contribution >= 0.6 is 0 Å². The Bertz CT molecular complexity index is 388. The summed E-state index contributed by atoms with van der Waals surface area (Å²) in [5, 5.41) is 7.90. The summed E-state index contributed by atoms with van der Waals surface area (Å²) in [5.74, 6) is 0. The van der Waals surface area contributed by atoms with Gasteiger partial charge in [-0.1, -0.05) is 12.1 Å². The smallest absolute Gasteiger partial charge is 0.0769 e. The van der Waals surface area contributed by atoms with Crippen LogP contribution in [0.1, 0.15) is 32.0 Å². The Labute approximate surface area is 108 Å². The lowest BCUT2D eigenvalue weighted by Gasteiger charge is -2.46. The zero-order valence-electron chi connectivity index (χ0n) is 11.5. The van der Waals surface area contributed by atoms with Gasteiger partial charge in [0.2, 0.25) is 0 Å². The molecule has 0 aliphatic carbocycles. The molecule has 18 heavy (non-hydrogen) atoms. The molecule has 1 aliphatic heterocycles. The fraction of sp³-hybridized carbons (Fsp3) is 0.833. The average Bonchev–Trinajstić information content (AvgIpc) is 2.84. The minimum Gasteiger partial charge on any atom is -0.379 e. The minimum absolute atomic E-state index is 0.0841. The van der Waals surface area contributed by atoms with Crippen molar-refractivity contribution in [2.45, 2.75) is 31.8 Å². The van der Waals surface area contributed by atoms with Gasteiger partial charge in [-0.3, -0.25) is 9.58 Å². The molecular weight excluding hydrogens is 230 g/mol. The Balaban J connectivity index is 2.22. The number of nitrogens with two attached hydrogens (primary N) is 1. The second-order valence-corrected chi connectivity index (χ2v) is 5.07. The molecular formula is C12H23N5O. The van der Waals surface area contributed by atoms with Gasteiger partial charge in [0.15, 0.2) is 0 Å². The van der Waals surface area contributed by atoms with E-state index in [-0.39, 0.29) is 11.6 Å². The third kappa shape index (κ3) is 2.28. The van der Waals surface area contributed by atoms with Gasteiger partial charge < -0.3 is 10.5 Å². The van der Waals surface area contributed by atoms with Crippen molar-refractivity contribution in [2.75, 3.05) is 26.3 Å². The van der Waals surface area contributed by atoms with Crippen LogP contribution in [0.4, 0.5) is 0 Å². The lowest BCUT2D eigenvalue weighted by molar-refractivity contribution is -0.0286. The van der Waals surface area contributed by atoms with Gasteiger partial charge in [0.25, 0.3) is 0 Å². The largest absolute Gasteiger partial charge is 0.379 e. The van der Waals surface area contributed by atoms with Gasteiger partial charge in [-0.25, -0.2) is 0 Å². The molecule has 0 bridgehead atoms. The fourth-order valence-corrected chi connectivity index (χ4v) is 2.61. The molecule has 2 N–H and O–H groups in total. The topological polar surface area (TPSA) is 69.2 Å². The summed E-state index contributed by atoms with van der Waals surface area (Å²) in [6.45, 7) is 7.83. The Morgan fingerprint density at radius 1 is 1.50 bits per heavy atom. The van der Waals surface area contributed by atoms with Crippen molar-refractivity contribution in [3.8, 4) is 0 Å². The van der Waals surface area contributed by atoms with Crippen molar-refractivity contribution >= 4 is 0 Å². The molecule has 0 radical (unpaired) electrons. The highest BCUT2D eigenvalue weighted by Crippen LogP contribution is 2.32. The monoisotopic (exact) mass is 253 g/mol. The molecule has 0 spiro atoms. The molecule has 2 rings (SSSR count). The number of aryl methyl sites for hydroxylation is 1. The Kier molecular flexibility index (Phi) is 3.99. The van der Waals surface area contributed by atoms with Gasteiger partial charge >= 0.3 is 0 Å². The van der Waals surface area contributed by atoms with E-state index < -0.39 is 0 Å². The third-order valence-corrected chi connectivity index (χ3v) is 4.19. The van der Waals surface area contributed by atoms with Gasteiger partial charge in [0.05, 0.1) is 31.1 Å². The van der Waals surface area contributed by atoms with E-state index >= 15 is 0 Å². The first-order valence-electron chi connectivity index (χ1n) is 6.52. The normalized spacial score (nSPS) is 22.7. The van der Waals surface area contributed by atoms with Crippen molar-refractivity contribution < 1.29 is 4.74 Å². The molecule has 1 aliphatic rings. The third-order valence-electron chi connectivity index (χ3n) is 4.19. The number of aromatic nitrogens is 3. The molecule has 1 aromatic rings. The van der Waals surface area contributed by atoms with Gasteiger partial charge in [-0.15, -0.1) is 5.10 Å². The molecule has 1 fully saturated rings. The highest BCUT2D eigenvalue weighted by atomic mass is 16.5. The summed E-state index contributed by atoms with van der Waals surface area (Å²) in [7, 11) is 1.89. The van der Waals surface area contributed by atoms with Crippen LogP contribution in [0, 0.1) is 0 Å². The number of nitrogens with zero attached hydrogens (tertiary/aromatic N) is 4. The second kappa shape index (κ2) is 5.34. The highest BCUT2D eigenvalue weighted by Gasteiger charge is 2.39. The molecule has 1 saturated heterocycles. The SMILES string of the molecule is CCC(C)(C(N)c1cnnn1C)N1CCOCC1. The average molecular weight is 253 g/mol.